The maximum atomic E-state index is 10.0. The molecular formula is C5H15NO3P+. The number of likely N-dealkylation sites (N-methyl/N-ethyl adjacent to an activating group) is 1. The molecular weight excluding hydrogens is 153 g/mol. The molecule has 0 radical (unpaired) electrons. The lowest BCUT2D eigenvalue weighted by atomic mass is 10.5. The molecule has 4 nitrogen and oxygen atoms in total. The molecule has 10 heavy (non-hydrogen) atoms. The third kappa shape index (κ3) is 8.27. The van der Waals surface area contributed by atoms with Gasteiger partial charge in [-0.15, -0.1) is 0 Å². The van der Waals surface area contributed by atoms with Gasteiger partial charge >= 0.3 is 0 Å². The van der Waals surface area contributed by atoms with Crippen molar-refractivity contribution >= 4 is 8.60 Å². The van der Waals surface area contributed by atoms with E-state index in [1.54, 1.807) is 0 Å². The van der Waals surface area contributed by atoms with Crippen LogP contribution in [0, 0.1) is 0 Å². The van der Waals surface area contributed by atoms with Gasteiger partial charge in [-0.3, -0.25) is 0 Å². The van der Waals surface area contributed by atoms with E-state index >= 15 is 0 Å². The largest absolute Gasteiger partial charge is 0.633 e. The average molecular weight is 168 g/mol. The molecule has 0 aromatic rings. The fraction of sp³-hybridized carbons (Fsp3) is 1.00. The molecule has 0 spiro atoms. The van der Waals surface area contributed by atoms with Gasteiger partial charge in [0.15, 0.2) is 0 Å². The minimum absolute atomic E-state index is 0.345. The fourth-order valence-electron chi connectivity index (χ4n) is 0.407. The average Bonchev–Trinajstić information content (AvgIpc) is 1.59. The fourth-order valence-corrected chi connectivity index (χ4v) is 0.673. The first-order chi connectivity index (χ1) is 4.42. The van der Waals surface area contributed by atoms with E-state index in [0.717, 1.165) is 11.0 Å². The molecule has 62 valence electrons. The SMILES string of the molecule is C[N+](C)(C)CCO[PH+]([O-])O. The van der Waals surface area contributed by atoms with E-state index in [2.05, 4.69) is 4.52 Å². The Hall–Kier alpha value is 0.270. The van der Waals surface area contributed by atoms with Crippen LogP contribution >= 0.6 is 8.60 Å². The third-order valence-electron chi connectivity index (χ3n) is 0.988. The zero-order valence-corrected chi connectivity index (χ0v) is 7.63. The first-order valence-corrected chi connectivity index (χ1v) is 4.34. The second-order valence-electron chi connectivity index (χ2n) is 3.13. The highest BCUT2D eigenvalue weighted by Crippen LogP contribution is 2.17. The van der Waals surface area contributed by atoms with E-state index < -0.39 is 8.60 Å². The maximum absolute atomic E-state index is 10.0. The summed E-state index contributed by atoms with van der Waals surface area (Å²) in [6.45, 7) is 1.09. The van der Waals surface area contributed by atoms with Crippen molar-refractivity contribution in [1.82, 2.24) is 0 Å². The Labute approximate surface area is 62.6 Å². The van der Waals surface area contributed by atoms with Crippen LogP contribution in [0.3, 0.4) is 0 Å². The van der Waals surface area contributed by atoms with Gasteiger partial charge in [-0.2, -0.15) is 0 Å². The van der Waals surface area contributed by atoms with Crippen LogP contribution in [-0.2, 0) is 4.52 Å². The Kier molecular flexibility index (Phi) is 4.32. The van der Waals surface area contributed by atoms with E-state index in [-0.39, 0.29) is 0 Å². The summed E-state index contributed by atoms with van der Waals surface area (Å²) < 4.78 is 5.25. The van der Waals surface area contributed by atoms with Crippen LogP contribution in [0.2, 0.25) is 0 Å². The number of hydrogen-bond acceptors (Lipinski definition) is 3. The predicted molar refractivity (Wildman–Crippen MR) is 39.4 cm³/mol. The molecule has 0 amide bonds. The summed E-state index contributed by atoms with van der Waals surface area (Å²) in [6, 6.07) is 0. The van der Waals surface area contributed by atoms with Crippen molar-refractivity contribution in [2.45, 2.75) is 0 Å². The van der Waals surface area contributed by atoms with Crippen LogP contribution in [0.5, 0.6) is 0 Å². The van der Waals surface area contributed by atoms with Crippen molar-refractivity contribution in [3.8, 4) is 0 Å². The van der Waals surface area contributed by atoms with Gasteiger partial charge in [0.05, 0.1) is 21.1 Å². The number of hydrogen-bond donors (Lipinski definition) is 1. The number of nitrogens with zero attached hydrogens (tertiary/aromatic N) is 1. The van der Waals surface area contributed by atoms with E-state index in [4.69, 9.17) is 4.89 Å². The van der Waals surface area contributed by atoms with Crippen LogP contribution in [0.15, 0.2) is 0 Å². The van der Waals surface area contributed by atoms with Crippen LogP contribution in [0.25, 0.3) is 0 Å². The lowest BCUT2D eigenvalue weighted by molar-refractivity contribution is -0.870. The van der Waals surface area contributed by atoms with Crippen molar-refractivity contribution in [1.29, 1.82) is 0 Å². The quantitative estimate of drug-likeness (QED) is 0.433. The van der Waals surface area contributed by atoms with E-state index in [9.17, 15) is 4.89 Å². The minimum atomic E-state index is -2.72. The van der Waals surface area contributed by atoms with Gasteiger partial charge in [-0.25, -0.2) is 9.42 Å². The molecule has 1 atom stereocenters. The molecule has 0 saturated carbocycles. The molecule has 5 heteroatoms. The Morgan fingerprint density at radius 3 is 2.30 bits per heavy atom. The van der Waals surface area contributed by atoms with Crippen molar-refractivity contribution in [3.05, 3.63) is 0 Å². The van der Waals surface area contributed by atoms with Gasteiger partial charge in [-0.05, 0) is 0 Å². The molecule has 0 bridgehead atoms. The van der Waals surface area contributed by atoms with E-state index in [1.165, 1.54) is 0 Å². The first kappa shape index (κ1) is 10.3. The van der Waals surface area contributed by atoms with Crippen LogP contribution in [0.1, 0.15) is 0 Å². The van der Waals surface area contributed by atoms with Gasteiger partial charge in [0.25, 0.3) is 0 Å². The van der Waals surface area contributed by atoms with Gasteiger partial charge < -0.3 is 9.38 Å². The molecule has 1 N–H and O–H groups in total. The summed E-state index contributed by atoms with van der Waals surface area (Å²) in [7, 11) is 3.28. The Bertz CT molecular complexity index is 91.4. The molecule has 0 heterocycles. The minimum Gasteiger partial charge on any atom is -0.633 e. The smallest absolute Gasteiger partial charge is 0.221 e. The zero-order valence-electron chi connectivity index (χ0n) is 6.63. The number of quaternary nitrogens is 1. The van der Waals surface area contributed by atoms with Gasteiger partial charge in [-0.1, -0.05) is 0 Å². The predicted octanol–water partition coefficient (Wildman–Crippen LogP) is -0.979. The summed E-state index contributed by atoms with van der Waals surface area (Å²) in [5.41, 5.74) is 0. The summed E-state index contributed by atoms with van der Waals surface area (Å²) in [6.07, 6.45) is 0. The molecule has 0 saturated heterocycles. The summed E-state index contributed by atoms with van der Waals surface area (Å²) >= 11 is 0. The summed E-state index contributed by atoms with van der Waals surface area (Å²) in [4.78, 5) is 18.3. The highest BCUT2D eigenvalue weighted by Gasteiger charge is 2.08. The lowest BCUT2D eigenvalue weighted by Crippen LogP contribution is -2.37. The van der Waals surface area contributed by atoms with E-state index in [1.807, 2.05) is 21.1 Å². The molecule has 0 rings (SSSR count). The Morgan fingerprint density at radius 2 is 2.00 bits per heavy atom. The Morgan fingerprint density at radius 1 is 1.50 bits per heavy atom. The second-order valence-corrected chi connectivity index (χ2v) is 3.95. The van der Waals surface area contributed by atoms with Crippen molar-refractivity contribution < 1.29 is 18.8 Å². The third-order valence-corrected chi connectivity index (χ3v) is 1.44. The molecule has 0 aliphatic carbocycles. The Balaban J connectivity index is 3.21. The first-order valence-electron chi connectivity index (χ1n) is 3.08. The van der Waals surface area contributed by atoms with Gasteiger partial charge in [0.1, 0.15) is 13.2 Å². The normalized spacial score (nSPS) is 15.3. The van der Waals surface area contributed by atoms with Crippen molar-refractivity contribution in [2.75, 3.05) is 34.3 Å². The van der Waals surface area contributed by atoms with Crippen molar-refractivity contribution in [3.63, 3.8) is 0 Å². The van der Waals surface area contributed by atoms with Crippen LogP contribution in [0.4, 0.5) is 0 Å². The standard InChI is InChI=1S/C5H15NO3P/c1-6(2,3)4-5-9-10(7)8/h7,10H,4-5H2,1-3H3/q+1. The highest BCUT2D eigenvalue weighted by molar-refractivity contribution is 7.37. The number of rotatable bonds is 4. The second kappa shape index (κ2) is 4.21. The molecule has 0 aromatic carbocycles. The summed E-state index contributed by atoms with van der Waals surface area (Å²) in [5, 5.41) is 0. The maximum Gasteiger partial charge on any atom is 0.221 e. The molecule has 0 aliphatic rings. The lowest BCUT2D eigenvalue weighted by Gasteiger charge is -2.22. The summed E-state index contributed by atoms with van der Waals surface area (Å²) in [5.74, 6) is 0. The monoisotopic (exact) mass is 168 g/mol. The van der Waals surface area contributed by atoms with Gasteiger partial charge in [0, 0.05) is 0 Å². The van der Waals surface area contributed by atoms with Crippen LogP contribution < -0.4 is 4.89 Å². The van der Waals surface area contributed by atoms with E-state index in [0.29, 0.717) is 6.61 Å². The molecule has 0 aromatic heterocycles. The highest BCUT2D eigenvalue weighted by atomic mass is 31.2. The molecule has 0 aliphatic heterocycles. The molecule has 1 unspecified atom stereocenters. The van der Waals surface area contributed by atoms with Crippen LogP contribution in [-0.4, -0.2) is 43.7 Å². The van der Waals surface area contributed by atoms with Gasteiger partial charge in [0.2, 0.25) is 8.60 Å². The van der Waals surface area contributed by atoms with Crippen molar-refractivity contribution in [2.24, 2.45) is 0 Å². The molecule has 0 fully saturated rings. The zero-order chi connectivity index (χ0) is 8.20. The topological polar surface area (TPSA) is 52.5 Å².